The summed E-state index contributed by atoms with van der Waals surface area (Å²) in [6.07, 6.45) is 1.48. The lowest BCUT2D eigenvalue weighted by Gasteiger charge is -2.26. The lowest BCUT2D eigenvalue weighted by Crippen LogP contribution is -2.40. The van der Waals surface area contributed by atoms with Crippen molar-refractivity contribution >= 4 is 54.9 Å². The van der Waals surface area contributed by atoms with Crippen LogP contribution in [-0.2, 0) is 19.6 Å². The third kappa shape index (κ3) is 4.83. The molecule has 2 aromatic heterocycles. The maximum absolute atomic E-state index is 13.1. The first kappa shape index (κ1) is 22.0. The minimum absolute atomic E-state index is 0.0122. The van der Waals surface area contributed by atoms with Crippen LogP contribution in [0.15, 0.2) is 45.9 Å². The fraction of sp³-hybridized carbons (Fsp3) is 0.316. The number of ether oxygens (including phenoxy) is 2. The topological polar surface area (TPSA) is 111 Å². The van der Waals surface area contributed by atoms with E-state index in [0.717, 1.165) is 15.2 Å². The van der Waals surface area contributed by atoms with Crippen LogP contribution >= 0.6 is 23.1 Å². The lowest BCUT2D eigenvalue weighted by molar-refractivity contribution is -0.113. The fourth-order valence-electron chi connectivity index (χ4n) is 3.10. The molecule has 0 radical (unpaired) electrons. The quantitative estimate of drug-likeness (QED) is 0.406. The Morgan fingerprint density at radius 1 is 1.29 bits per heavy atom. The molecule has 12 heteroatoms. The van der Waals surface area contributed by atoms with E-state index in [0.29, 0.717) is 18.9 Å². The molecule has 1 amide bonds. The summed E-state index contributed by atoms with van der Waals surface area (Å²) in [5.41, 5.74) is 0.376. The van der Waals surface area contributed by atoms with Gasteiger partial charge in [-0.15, -0.1) is 11.3 Å². The van der Waals surface area contributed by atoms with E-state index in [4.69, 9.17) is 9.47 Å². The maximum Gasteiger partial charge on any atom is 0.246 e. The van der Waals surface area contributed by atoms with Gasteiger partial charge in [0.1, 0.15) is 26.8 Å². The van der Waals surface area contributed by atoms with E-state index in [1.807, 2.05) is 11.4 Å². The normalized spacial score (nSPS) is 15.1. The summed E-state index contributed by atoms with van der Waals surface area (Å²) in [6, 6.07) is 6.50. The molecule has 0 unspecified atom stereocenters. The zero-order valence-corrected chi connectivity index (χ0v) is 19.1. The zero-order valence-electron chi connectivity index (χ0n) is 16.6. The summed E-state index contributed by atoms with van der Waals surface area (Å²) in [5.74, 6) is 0.0751. The van der Waals surface area contributed by atoms with Crippen LogP contribution in [0.4, 0.5) is 5.69 Å². The van der Waals surface area contributed by atoms with E-state index in [2.05, 4.69) is 15.3 Å². The Bertz CT molecular complexity index is 1190. The Morgan fingerprint density at radius 3 is 2.87 bits per heavy atom. The first-order chi connectivity index (χ1) is 15.0. The SMILES string of the molecule is COc1ccc(NC(=O)CSc2ncnc3sccc23)cc1S(=O)(=O)N1CCOCC1. The van der Waals surface area contributed by atoms with Crippen LogP contribution in [0.5, 0.6) is 5.75 Å². The molecule has 9 nitrogen and oxygen atoms in total. The van der Waals surface area contributed by atoms with Gasteiger partial charge < -0.3 is 14.8 Å². The fourth-order valence-corrected chi connectivity index (χ4v) is 6.26. The van der Waals surface area contributed by atoms with Gasteiger partial charge >= 0.3 is 0 Å². The van der Waals surface area contributed by atoms with E-state index in [1.165, 1.54) is 53.0 Å². The molecule has 164 valence electrons. The van der Waals surface area contributed by atoms with Crippen LogP contribution in [0.1, 0.15) is 0 Å². The highest BCUT2D eigenvalue weighted by atomic mass is 32.2. The number of nitrogens with zero attached hydrogens (tertiary/aromatic N) is 3. The molecule has 31 heavy (non-hydrogen) atoms. The number of morpholine rings is 1. The van der Waals surface area contributed by atoms with Gasteiger partial charge in [0.25, 0.3) is 0 Å². The number of aromatic nitrogens is 2. The second-order valence-electron chi connectivity index (χ2n) is 6.54. The van der Waals surface area contributed by atoms with Gasteiger partial charge in [-0.05, 0) is 29.6 Å². The number of thiophene rings is 1. The molecule has 0 atom stereocenters. The van der Waals surface area contributed by atoms with E-state index in [-0.39, 0.29) is 35.4 Å². The lowest BCUT2D eigenvalue weighted by atomic mass is 10.3. The molecule has 4 rings (SSSR count). The highest BCUT2D eigenvalue weighted by molar-refractivity contribution is 8.00. The number of sulfonamides is 1. The van der Waals surface area contributed by atoms with Crippen molar-refractivity contribution in [2.45, 2.75) is 9.92 Å². The molecule has 0 bridgehead atoms. The first-order valence-corrected chi connectivity index (χ1v) is 12.7. The molecule has 1 aliphatic rings. The molecular formula is C19H20N4O5S3. The Labute approximate surface area is 187 Å². The number of carbonyl (C=O) groups is 1. The van der Waals surface area contributed by atoms with Crippen molar-refractivity contribution < 1.29 is 22.7 Å². The Hall–Kier alpha value is -2.25. The van der Waals surface area contributed by atoms with E-state index < -0.39 is 10.0 Å². The highest BCUT2D eigenvalue weighted by Gasteiger charge is 2.29. The largest absolute Gasteiger partial charge is 0.495 e. The van der Waals surface area contributed by atoms with E-state index >= 15 is 0 Å². The monoisotopic (exact) mass is 480 g/mol. The molecular weight excluding hydrogens is 460 g/mol. The number of benzene rings is 1. The summed E-state index contributed by atoms with van der Waals surface area (Å²) >= 11 is 2.81. The third-order valence-corrected chi connectivity index (χ3v) is 8.35. The van der Waals surface area contributed by atoms with Crippen molar-refractivity contribution in [1.29, 1.82) is 0 Å². The van der Waals surface area contributed by atoms with Crippen LogP contribution in [0.25, 0.3) is 10.2 Å². The second-order valence-corrected chi connectivity index (χ2v) is 10.3. The predicted octanol–water partition coefficient (Wildman–Crippen LogP) is 2.45. The number of methoxy groups -OCH3 is 1. The number of hydrogen-bond donors (Lipinski definition) is 1. The average molecular weight is 481 g/mol. The second kappa shape index (κ2) is 9.49. The summed E-state index contributed by atoms with van der Waals surface area (Å²) < 4.78 is 38.0. The number of fused-ring (bicyclic) bond motifs is 1. The van der Waals surface area contributed by atoms with Gasteiger partial charge in [-0.1, -0.05) is 11.8 Å². The smallest absolute Gasteiger partial charge is 0.246 e. The van der Waals surface area contributed by atoms with Crippen molar-refractivity contribution in [3.05, 3.63) is 36.0 Å². The number of amides is 1. The molecule has 1 aromatic carbocycles. The number of thioether (sulfide) groups is 1. The molecule has 1 saturated heterocycles. The first-order valence-electron chi connectivity index (χ1n) is 9.36. The van der Waals surface area contributed by atoms with Crippen LogP contribution in [0.2, 0.25) is 0 Å². The highest BCUT2D eigenvalue weighted by Crippen LogP contribution is 2.31. The van der Waals surface area contributed by atoms with Gasteiger partial charge in [-0.25, -0.2) is 18.4 Å². The average Bonchev–Trinajstić information content (AvgIpc) is 3.28. The van der Waals surface area contributed by atoms with Gasteiger partial charge in [0.15, 0.2) is 0 Å². The minimum Gasteiger partial charge on any atom is -0.495 e. The maximum atomic E-state index is 13.1. The Kier molecular flexibility index (Phi) is 6.72. The summed E-state index contributed by atoms with van der Waals surface area (Å²) in [7, 11) is -2.37. The van der Waals surface area contributed by atoms with Gasteiger partial charge in [-0.2, -0.15) is 4.31 Å². The molecule has 3 aromatic rings. The molecule has 3 heterocycles. The van der Waals surface area contributed by atoms with Crippen molar-refractivity contribution in [1.82, 2.24) is 14.3 Å². The Balaban J connectivity index is 1.49. The van der Waals surface area contributed by atoms with E-state index in [1.54, 1.807) is 6.07 Å². The molecule has 0 saturated carbocycles. The number of carbonyl (C=O) groups excluding carboxylic acids is 1. The predicted molar refractivity (Wildman–Crippen MR) is 119 cm³/mol. The van der Waals surface area contributed by atoms with Gasteiger partial charge in [0.2, 0.25) is 15.9 Å². The summed E-state index contributed by atoms with van der Waals surface area (Å²) in [6.45, 7) is 1.23. The van der Waals surface area contributed by atoms with Crippen molar-refractivity contribution in [3.63, 3.8) is 0 Å². The van der Waals surface area contributed by atoms with Crippen molar-refractivity contribution in [2.24, 2.45) is 0 Å². The summed E-state index contributed by atoms with van der Waals surface area (Å²) in [5, 5.41) is 6.32. The van der Waals surface area contributed by atoms with Crippen LogP contribution < -0.4 is 10.1 Å². The number of rotatable bonds is 7. The number of nitrogens with one attached hydrogen (secondary N) is 1. The minimum atomic E-state index is -3.78. The van der Waals surface area contributed by atoms with Crippen molar-refractivity contribution in [3.8, 4) is 5.75 Å². The number of anilines is 1. The third-order valence-electron chi connectivity index (χ3n) is 4.60. The van der Waals surface area contributed by atoms with Crippen molar-refractivity contribution in [2.75, 3.05) is 44.5 Å². The van der Waals surface area contributed by atoms with Gasteiger partial charge in [0.05, 0.1) is 26.1 Å². The molecule has 1 aliphatic heterocycles. The van der Waals surface area contributed by atoms with Crippen LogP contribution in [-0.4, -0.2) is 67.8 Å². The number of hydrogen-bond acceptors (Lipinski definition) is 9. The van der Waals surface area contributed by atoms with Crippen LogP contribution in [0, 0.1) is 0 Å². The molecule has 1 fully saturated rings. The Morgan fingerprint density at radius 2 is 2.10 bits per heavy atom. The standard InChI is InChI=1S/C19H20N4O5S3/c1-27-15-3-2-13(10-16(15)31(25,26)23-5-7-28-8-6-23)22-17(24)11-30-19-14-4-9-29-18(14)20-12-21-19/h2-4,9-10,12H,5-8,11H2,1H3,(H,22,24). The van der Waals surface area contributed by atoms with Gasteiger partial charge in [0, 0.05) is 24.2 Å². The molecule has 0 aliphatic carbocycles. The van der Waals surface area contributed by atoms with Gasteiger partial charge in [-0.3, -0.25) is 4.79 Å². The van der Waals surface area contributed by atoms with E-state index in [9.17, 15) is 13.2 Å². The summed E-state index contributed by atoms with van der Waals surface area (Å²) in [4.78, 5) is 21.8. The zero-order chi connectivity index (χ0) is 21.8. The molecule has 1 N–H and O–H groups in total. The van der Waals surface area contributed by atoms with Crippen LogP contribution in [0.3, 0.4) is 0 Å². The molecule has 0 spiro atoms.